The van der Waals surface area contributed by atoms with Gasteiger partial charge in [-0.15, -0.1) is 10.2 Å². The molecule has 22 heavy (non-hydrogen) atoms. The largest absolute Gasteiger partial charge is 0.276 e. The molecule has 0 aliphatic rings. The second-order valence-electron chi connectivity index (χ2n) is 4.75. The van der Waals surface area contributed by atoms with E-state index in [-0.39, 0.29) is 0 Å². The summed E-state index contributed by atoms with van der Waals surface area (Å²) in [6.45, 7) is 3.82. The summed E-state index contributed by atoms with van der Waals surface area (Å²) in [5.41, 5.74) is 6.01. The molecular formula is C16H15N5S. The van der Waals surface area contributed by atoms with Crippen LogP contribution in [0, 0.1) is 6.92 Å². The molecule has 110 valence electrons. The van der Waals surface area contributed by atoms with E-state index in [0.29, 0.717) is 11.0 Å². The van der Waals surface area contributed by atoms with Crippen LogP contribution in [0.5, 0.6) is 0 Å². The van der Waals surface area contributed by atoms with Crippen molar-refractivity contribution in [3.8, 4) is 0 Å². The molecule has 5 nitrogen and oxygen atoms in total. The summed E-state index contributed by atoms with van der Waals surface area (Å²) in [7, 11) is 0. The van der Waals surface area contributed by atoms with E-state index in [9.17, 15) is 0 Å². The number of nitrogens with zero attached hydrogens (tertiary/aromatic N) is 4. The second kappa shape index (κ2) is 6.44. The number of aryl methyl sites for hydroxylation is 1. The number of anilines is 1. The Labute approximate surface area is 132 Å². The molecule has 2 aromatic carbocycles. The Morgan fingerprint density at radius 2 is 1.86 bits per heavy atom. The van der Waals surface area contributed by atoms with E-state index in [2.05, 4.69) is 25.7 Å². The van der Waals surface area contributed by atoms with Crippen LogP contribution in [0.1, 0.15) is 12.5 Å². The van der Waals surface area contributed by atoms with Gasteiger partial charge in [-0.2, -0.15) is 5.10 Å². The molecule has 1 N–H and O–H groups in total. The number of para-hydroxylation sites is 2. The summed E-state index contributed by atoms with van der Waals surface area (Å²) in [5.74, 6) is 0.544. The molecule has 1 heterocycles. The van der Waals surface area contributed by atoms with Gasteiger partial charge in [0, 0.05) is 0 Å². The third kappa shape index (κ3) is 3.35. The highest BCUT2D eigenvalue weighted by molar-refractivity contribution is 7.21. The Hall–Kier alpha value is -2.60. The van der Waals surface area contributed by atoms with Gasteiger partial charge >= 0.3 is 0 Å². The zero-order valence-electron chi connectivity index (χ0n) is 12.3. The lowest BCUT2D eigenvalue weighted by Crippen LogP contribution is -1.95. The van der Waals surface area contributed by atoms with E-state index < -0.39 is 0 Å². The molecule has 3 aromatic rings. The molecule has 0 atom stereocenters. The Kier molecular flexibility index (Phi) is 4.20. The van der Waals surface area contributed by atoms with Crippen molar-refractivity contribution in [3.05, 3.63) is 54.1 Å². The van der Waals surface area contributed by atoms with Crippen LogP contribution in [-0.4, -0.2) is 10.8 Å². The molecule has 3 rings (SSSR count). The van der Waals surface area contributed by atoms with Gasteiger partial charge in [-0.3, -0.25) is 5.43 Å². The molecule has 0 aliphatic heterocycles. The lowest BCUT2D eigenvalue weighted by Gasteiger charge is -2.03. The van der Waals surface area contributed by atoms with E-state index in [0.717, 1.165) is 21.5 Å². The van der Waals surface area contributed by atoms with Crippen LogP contribution in [0.3, 0.4) is 0 Å². The fraction of sp³-hybridized carbons (Fsp3) is 0.125. The normalized spacial score (nSPS) is 12.2. The fourth-order valence-electron chi connectivity index (χ4n) is 1.88. The zero-order chi connectivity index (χ0) is 15.4. The van der Waals surface area contributed by atoms with Crippen molar-refractivity contribution in [1.29, 1.82) is 0 Å². The number of hydrazone groups is 1. The maximum atomic E-state index is 4.40. The first-order valence-corrected chi connectivity index (χ1v) is 7.67. The van der Waals surface area contributed by atoms with Gasteiger partial charge in [0.1, 0.15) is 0 Å². The van der Waals surface area contributed by atoms with Crippen molar-refractivity contribution in [2.75, 3.05) is 5.43 Å². The number of fused-ring (bicyclic) bond motifs is 1. The zero-order valence-corrected chi connectivity index (χ0v) is 13.1. The van der Waals surface area contributed by atoms with E-state index in [1.165, 1.54) is 11.3 Å². The Balaban J connectivity index is 1.71. The van der Waals surface area contributed by atoms with Gasteiger partial charge in [0.2, 0.25) is 5.13 Å². The van der Waals surface area contributed by atoms with Crippen molar-refractivity contribution in [1.82, 2.24) is 4.98 Å². The molecule has 0 fully saturated rings. The standard InChI is InChI=1S/C16H15N5S/c1-11-7-3-4-8-13(11)20-18-12(2)19-21-16-17-14-9-5-6-10-15(14)22-16/h3-10,20H,1-2H3/b18-12+,21-19?. The summed E-state index contributed by atoms with van der Waals surface area (Å²) in [6.07, 6.45) is 0. The van der Waals surface area contributed by atoms with Crippen LogP contribution in [0.2, 0.25) is 0 Å². The van der Waals surface area contributed by atoms with E-state index in [1.807, 2.05) is 55.5 Å². The minimum Gasteiger partial charge on any atom is -0.276 e. The molecule has 0 aliphatic carbocycles. The van der Waals surface area contributed by atoms with Crippen LogP contribution in [0.25, 0.3) is 10.2 Å². The number of thiazole rings is 1. The molecule has 0 saturated carbocycles. The van der Waals surface area contributed by atoms with Gasteiger partial charge in [-0.1, -0.05) is 41.7 Å². The van der Waals surface area contributed by atoms with Gasteiger partial charge < -0.3 is 0 Å². The lowest BCUT2D eigenvalue weighted by molar-refractivity contribution is 1.20. The quantitative estimate of drug-likeness (QED) is 0.315. The van der Waals surface area contributed by atoms with Gasteiger partial charge in [0.15, 0.2) is 5.84 Å². The van der Waals surface area contributed by atoms with Gasteiger partial charge in [-0.25, -0.2) is 4.98 Å². The van der Waals surface area contributed by atoms with Crippen LogP contribution in [0.4, 0.5) is 10.8 Å². The number of azo groups is 1. The highest BCUT2D eigenvalue weighted by Gasteiger charge is 2.01. The summed E-state index contributed by atoms with van der Waals surface area (Å²) in [4.78, 5) is 4.40. The molecule has 0 unspecified atom stereocenters. The number of hydrogen-bond donors (Lipinski definition) is 1. The second-order valence-corrected chi connectivity index (χ2v) is 5.76. The number of benzene rings is 2. The Morgan fingerprint density at radius 3 is 2.68 bits per heavy atom. The highest BCUT2D eigenvalue weighted by atomic mass is 32.1. The summed E-state index contributed by atoms with van der Waals surface area (Å²) >= 11 is 1.51. The highest BCUT2D eigenvalue weighted by Crippen LogP contribution is 2.27. The molecular weight excluding hydrogens is 294 g/mol. The number of nitrogens with one attached hydrogen (secondary N) is 1. The first-order valence-electron chi connectivity index (χ1n) is 6.85. The average Bonchev–Trinajstić information content (AvgIpc) is 2.95. The van der Waals surface area contributed by atoms with E-state index in [1.54, 1.807) is 6.92 Å². The maximum absolute atomic E-state index is 4.40. The molecule has 0 amide bonds. The Morgan fingerprint density at radius 1 is 1.09 bits per heavy atom. The number of rotatable bonds is 3. The van der Waals surface area contributed by atoms with Gasteiger partial charge in [0.25, 0.3) is 0 Å². The minimum atomic E-state index is 0.544. The van der Waals surface area contributed by atoms with Crippen molar-refractivity contribution in [2.24, 2.45) is 15.3 Å². The first-order chi connectivity index (χ1) is 10.7. The average molecular weight is 309 g/mol. The van der Waals surface area contributed by atoms with Crippen LogP contribution in [0.15, 0.2) is 63.9 Å². The lowest BCUT2D eigenvalue weighted by atomic mass is 10.2. The molecule has 0 radical (unpaired) electrons. The summed E-state index contributed by atoms with van der Waals surface area (Å²) < 4.78 is 1.10. The maximum Gasteiger partial charge on any atom is 0.231 e. The van der Waals surface area contributed by atoms with E-state index >= 15 is 0 Å². The van der Waals surface area contributed by atoms with E-state index in [4.69, 9.17) is 0 Å². The van der Waals surface area contributed by atoms with Crippen molar-refractivity contribution < 1.29 is 0 Å². The monoisotopic (exact) mass is 309 g/mol. The number of amidine groups is 1. The van der Waals surface area contributed by atoms with Crippen LogP contribution in [-0.2, 0) is 0 Å². The van der Waals surface area contributed by atoms with Gasteiger partial charge in [0.05, 0.1) is 15.9 Å². The summed E-state index contributed by atoms with van der Waals surface area (Å²) in [5, 5.41) is 13.1. The van der Waals surface area contributed by atoms with Crippen LogP contribution >= 0.6 is 11.3 Å². The molecule has 6 heteroatoms. The van der Waals surface area contributed by atoms with Crippen molar-refractivity contribution in [2.45, 2.75) is 13.8 Å². The SMILES string of the molecule is C/C(N=Nc1nc2ccccc2s1)=N\Nc1ccccc1C. The molecule has 0 bridgehead atoms. The summed E-state index contributed by atoms with van der Waals surface area (Å²) in [6, 6.07) is 15.9. The topological polar surface area (TPSA) is 62.0 Å². The Bertz CT molecular complexity index is 817. The smallest absolute Gasteiger partial charge is 0.231 e. The number of aromatic nitrogens is 1. The predicted molar refractivity (Wildman–Crippen MR) is 92.0 cm³/mol. The third-order valence-electron chi connectivity index (χ3n) is 3.05. The van der Waals surface area contributed by atoms with Crippen molar-refractivity contribution in [3.63, 3.8) is 0 Å². The molecule has 1 aromatic heterocycles. The fourth-order valence-corrected chi connectivity index (χ4v) is 2.67. The first kappa shape index (κ1) is 14.3. The minimum absolute atomic E-state index is 0.544. The van der Waals surface area contributed by atoms with Gasteiger partial charge in [-0.05, 0) is 37.6 Å². The van der Waals surface area contributed by atoms with Crippen molar-refractivity contribution >= 4 is 38.2 Å². The number of hydrogen-bond acceptors (Lipinski definition) is 5. The molecule has 0 spiro atoms. The third-order valence-corrected chi connectivity index (χ3v) is 3.97. The molecule has 0 saturated heterocycles. The predicted octanol–water partition coefficient (Wildman–Crippen LogP) is 5.13. The van der Waals surface area contributed by atoms with Crippen LogP contribution < -0.4 is 5.43 Å².